The van der Waals surface area contributed by atoms with Crippen molar-refractivity contribution in [2.24, 2.45) is 0 Å². The van der Waals surface area contributed by atoms with Crippen LogP contribution in [-0.2, 0) is 14.8 Å². The maximum absolute atomic E-state index is 12.9. The first-order valence-corrected chi connectivity index (χ1v) is 8.46. The summed E-state index contributed by atoms with van der Waals surface area (Å²) in [5.74, 6) is 0.332. The topological polar surface area (TPSA) is 81.9 Å². The van der Waals surface area contributed by atoms with Gasteiger partial charge in [-0.05, 0) is 39.0 Å². The van der Waals surface area contributed by atoms with Gasteiger partial charge in [0.2, 0.25) is 10.0 Å². The normalized spacial score (nSPS) is 24.0. The van der Waals surface area contributed by atoms with Crippen molar-refractivity contribution in [3.8, 4) is 5.75 Å². The molecule has 0 aromatic heterocycles. The molecule has 118 valence electrons. The van der Waals surface area contributed by atoms with Crippen molar-refractivity contribution >= 4 is 15.7 Å². The number of hydrogen-bond donors (Lipinski definition) is 1. The van der Waals surface area contributed by atoms with Crippen molar-refractivity contribution < 1.29 is 17.9 Å². The molecule has 1 heterocycles. The van der Waals surface area contributed by atoms with Gasteiger partial charge in [-0.25, -0.2) is 8.42 Å². The molecule has 0 saturated carbocycles. The summed E-state index contributed by atoms with van der Waals surface area (Å²) >= 11 is 0. The van der Waals surface area contributed by atoms with Crippen LogP contribution in [0.2, 0.25) is 0 Å². The predicted octanol–water partition coefficient (Wildman–Crippen LogP) is 1.47. The minimum absolute atomic E-state index is 0.116. The summed E-state index contributed by atoms with van der Waals surface area (Å²) in [5.41, 5.74) is 6.14. The monoisotopic (exact) mass is 314 g/mol. The van der Waals surface area contributed by atoms with Gasteiger partial charge in [-0.15, -0.1) is 0 Å². The average molecular weight is 314 g/mol. The van der Waals surface area contributed by atoms with Crippen LogP contribution < -0.4 is 10.5 Å². The molecule has 2 rings (SSSR count). The number of ether oxygens (including phenoxy) is 2. The summed E-state index contributed by atoms with van der Waals surface area (Å²) in [5, 5.41) is 0. The predicted molar refractivity (Wildman–Crippen MR) is 80.8 cm³/mol. The van der Waals surface area contributed by atoms with E-state index in [0.717, 1.165) is 0 Å². The second-order valence-corrected chi connectivity index (χ2v) is 7.07. The van der Waals surface area contributed by atoms with Gasteiger partial charge in [-0.2, -0.15) is 4.31 Å². The third-order valence-corrected chi connectivity index (χ3v) is 5.41. The number of nitrogens with two attached hydrogens (primary N) is 1. The van der Waals surface area contributed by atoms with Crippen LogP contribution in [-0.4, -0.2) is 44.6 Å². The minimum atomic E-state index is -3.67. The van der Waals surface area contributed by atoms with Gasteiger partial charge in [0.05, 0.1) is 19.3 Å². The molecule has 2 unspecified atom stereocenters. The summed E-state index contributed by atoms with van der Waals surface area (Å²) in [6.45, 7) is 6.59. The van der Waals surface area contributed by atoms with Gasteiger partial charge >= 0.3 is 0 Å². The van der Waals surface area contributed by atoms with Crippen molar-refractivity contribution in [2.75, 3.05) is 25.5 Å². The Labute approximate surface area is 125 Å². The van der Waals surface area contributed by atoms with Crippen molar-refractivity contribution in [3.05, 3.63) is 18.2 Å². The largest absolute Gasteiger partial charge is 0.492 e. The maximum atomic E-state index is 12.9. The van der Waals surface area contributed by atoms with Crippen LogP contribution in [0.3, 0.4) is 0 Å². The third kappa shape index (κ3) is 3.30. The zero-order chi connectivity index (χ0) is 15.6. The van der Waals surface area contributed by atoms with Gasteiger partial charge in [0.1, 0.15) is 10.6 Å². The van der Waals surface area contributed by atoms with Gasteiger partial charge in [0.15, 0.2) is 0 Å². The Morgan fingerprint density at radius 3 is 2.81 bits per heavy atom. The van der Waals surface area contributed by atoms with Crippen LogP contribution in [0.1, 0.15) is 20.8 Å². The molecule has 1 aliphatic rings. The van der Waals surface area contributed by atoms with E-state index in [1.54, 1.807) is 12.1 Å². The Hall–Kier alpha value is -1.31. The number of morpholine rings is 1. The van der Waals surface area contributed by atoms with Crippen molar-refractivity contribution in [3.63, 3.8) is 0 Å². The summed E-state index contributed by atoms with van der Waals surface area (Å²) in [6.07, 6.45) is -0.132. The van der Waals surface area contributed by atoms with Crippen LogP contribution in [0.25, 0.3) is 0 Å². The van der Waals surface area contributed by atoms with Crippen molar-refractivity contribution in [2.45, 2.75) is 37.8 Å². The van der Waals surface area contributed by atoms with Crippen LogP contribution in [0.5, 0.6) is 5.75 Å². The van der Waals surface area contributed by atoms with Crippen LogP contribution in [0.4, 0.5) is 5.69 Å². The molecule has 1 fully saturated rings. The Bertz CT molecular complexity index is 603. The fourth-order valence-electron chi connectivity index (χ4n) is 2.34. The first-order chi connectivity index (χ1) is 9.86. The smallest absolute Gasteiger partial charge is 0.247 e. The van der Waals surface area contributed by atoms with E-state index >= 15 is 0 Å². The Kier molecular flexibility index (Phi) is 4.75. The Balaban J connectivity index is 2.45. The molecule has 0 spiro atoms. The number of benzene rings is 1. The number of nitrogens with zero attached hydrogens (tertiary/aromatic N) is 1. The highest BCUT2D eigenvalue weighted by Gasteiger charge is 2.35. The molecule has 2 N–H and O–H groups in total. The highest BCUT2D eigenvalue weighted by Crippen LogP contribution is 2.31. The SMILES string of the molecule is CCOc1ccc(N)cc1S(=O)(=O)N1CC(C)OCC1C. The number of rotatable bonds is 4. The lowest BCUT2D eigenvalue weighted by Crippen LogP contribution is -2.50. The molecule has 7 heteroatoms. The molecule has 0 aliphatic carbocycles. The van der Waals surface area contributed by atoms with E-state index in [9.17, 15) is 8.42 Å². The van der Waals surface area contributed by atoms with Gasteiger partial charge in [-0.1, -0.05) is 0 Å². The highest BCUT2D eigenvalue weighted by molar-refractivity contribution is 7.89. The summed E-state index contributed by atoms with van der Waals surface area (Å²) in [7, 11) is -3.67. The molecule has 1 aromatic carbocycles. The van der Waals surface area contributed by atoms with E-state index in [0.29, 0.717) is 31.2 Å². The highest BCUT2D eigenvalue weighted by atomic mass is 32.2. The molecule has 0 radical (unpaired) electrons. The lowest BCUT2D eigenvalue weighted by atomic mass is 10.2. The van der Waals surface area contributed by atoms with E-state index in [1.807, 2.05) is 20.8 Å². The second kappa shape index (κ2) is 6.21. The summed E-state index contributed by atoms with van der Waals surface area (Å²) < 4.78 is 38.2. The lowest BCUT2D eigenvalue weighted by molar-refractivity contribution is -0.0171. The first kappa shape index (κ1) is 16.1. The molecule has 21 heavy (non-hydrogen) atoms. The average Bonchev–Trinajstić information content (AvgIpc) is 2.43. The summed E-state index contributed by atoms with van der Waals surface area (Å²) in [4.78, 5) is 0.116. The molecule has 6 nitrogen and oxygen atoms in total. The minimum Gasteiger partial charge on any atom is -0.492 e. The number of nitrogen functional groups attached to an aromatic ring is 1. The molecule has 0 amide bonds. The summed E-state index contributed by atoms with van der Waals surface area (Å²) in [6, 6.07) is 4.46. The third-order valence-electron chi connectivity index (χ3n) is 3.40. The number of sulfonamides is 1. The number of anilines is 1. The molecule has 1 saturated heterocycles. The van der Waals surface area contributed by atoms with Gasteiger partial charge in [0, 0.05) is 18.3 Å². The van der Waals surface area contributed by atoms with Gasteiger partial charge in [0.25, 0.3) is 0 Å². The van der Waals surface area contributed by atoms with E-state index in [2.05, 4.69) is 0 Å². The fourth-order valence-corrected chi connectivity index (χ4v) is 4.19. The van der Waals surface area contributed by atoms with Gasteiger partial charge < -0.3 is 15.2 Å². The van der Waals surface area contributed by atoms with Crippen molar-refractivity contribution in [1.82, 2.24) is 4.31 Å². The lowest BCUT2D eigenvalue weighted by Gasteiger charge is -2.36. The molecule has 1 aromatic rings. The zero-order valence-corrected chi connectivity index (χ0v) is 13.4. The fraction of sp³-hybridized carbons (Fsp3) is 0.571. The van der Waals surface area contributed by atoms with Crippen LogP contribution >= 0.6 is 0 Å². The second-order valence-electron chi connectivity index (χ2n) is 5.21. The first-order valence-electron chi connectivity index (χ1n) is 7.02. The van der Waals surface area contributed by atoms with Gasteiger partial charge in [-0.3, -0.25) is 0 Å². The molecule has 0 bridgehead atoms. The maximum Gasteiger partial charge on any atom is 0.247 e. The van der Waals surface area contributed by atoms with Crippen LogP contribution in [0.15, 0.2) is 23.1 Å². The number of hydrogen-bond acceptors (Lipinski definition) is 5. The quantitative estimate of drug-likeness (QED) is 0.851. The standard InChI is InChI=1S/C14H22N2O4S/c1-4-19-13-6-5-12(15)7-14(13)21(17,18)16-8-11(3)20-9-10(16)2/h5-7,10-11H,4,8-9,15H2,1-3H3. The Morgan fingerprint density at radius 2 is 2.14 bits per heavy atom. The Morgan fingerprint density at radius 1 is 1.43 bits per heavy atom. The van der Waals surface area contributed by atoms with Crippen LogP contribution in [0, 0.1) is 0 Å². The van der Waals surface area contributed by atoms with Crippen molar-refractivity contribution in [1.29, 1.82) is 0 Å². The van der Waals surface area contributed by atoms with E-state index in [-0.39, 0.29) is 17.0 Å². The van der Waals surface area contributed by atoms with E-state index in [1.165, 1.54) is 10.4 Å². The molecule has 2 atom stereocenters. The molecular weight excluding hydrogens is 292 g/mol. The zero-order valence-electron chi connectivity index (χ0n) is 12.6. The van der Waals surface area contributed by atoms with E-state index < -0.39 is 10.0 Å². The van der Waals surface area contributed by atoms with E-state index in [4.69, 9.17) is 15.2 Å². The molecule has 1 aliphatic heterocycles. The molecular formula is C14H22N2O4S.